The van der Waals surface area contributed by atoms with E-state index in [0.29, 0.717) is 28.2 Å². The Labute approximate surface area is 160 Å². The van der Waals surface area contributed by atoms with Gasteiger partial charge in [-0.05, 0) is 25.0 Å². The highest BCUT2D eigenvalue weighted by Gasteiger charge is 2.37. The molecular formula is C18H20N4O4S. The van der Waals surface area contributed by atoms with Gasteiger partial charge in [0.15, 0.2) is 0 Å². The summed E-state index contributed by atoms with van der Waals surface area (Å²) in [6.07, 6.45) is 2.41. The molecule has 1 aliphatic heterocycles. The lowest BCUT2D eigenvalue weighted by atomic mass is 10.1. The number of amides is 2. The maximum atomic E-state index is 12.6. The zero-order chi connectivity index (χ0) is 19.0. The third-order valence-corrected chi connectivity index (χ3v) is 5.77. The van der Waals surface area contributed by atoms with Gasteiger partial charge in [-0.2, -0.15) is 0 Å². The van der Waals surface area contributed by atoms with Crippen LogP contribution < -0.4 is 19.7 Å². The lowest BCUT2D eigenvalue weighted by Crippen LogP contribution is -2.28. The van der Waals surface area contributed by atoms with E-state index in [4.69, 9.17) is 9.47 Å². The number of rotatable bonds is 6. The Morgan fingerprint density at radius 2 is 2.07 bits per heavy atom. The Bertz CT molecular complexity index is 880. The number of benzene rings is 1. The van der Waals surface area contributed by atoms with Crippen LogP contribution in [0.15, 0.2) is 18.2 Å². The van der Waals surface area contributed by atoms with Gasteiger partial charge in [0.1, 0.15) is 16.5 Å². The number of anilines is 2. The highest BCUT2D eigenvalue weighted by Crippen LogP contribution is 2.42. The minimum atomic E-state index is -0.457. The molecule has 0 spiro atoms. The molecule has 2 heterocycles. The highest BCUT2D eigenvalue weighted by molar-refractivity contribution is 7.15. The number of methoxy groups -OCH3 is 2. The molecule has 4 rings (SSSR count). The Hall–Kier alpha value is -2.68. The zero-order valence-corrected chi connectivity index (χ0v) is 15.9. The van der Waals surface area contributed by atoms with Crippen LogP contribution in [0.2, 0.25) is 0 Å². The summed E-state index contributed by atoms with van der Waals surface area (Å²) in [6, 6.07) is 5.25. The van der Waals surface area contributed by atoms with Crippen LogP contribution in [0.3, 0.4) is 0 Å². The van der Waals surface area contributed by atoms with Gasteiger partial charge in [-0.1, -0.05) is 11.3 Å². The molecule has 9 heteroatoms. The summed E-state index contributed by atoms with van der Waals surface area (Å²) in [5, 5.41) is 12.4. The first-order valence-electron chi connectivity index (χ1n) is 8.75. The molecule has 0 radical (unpaired) electrons. The lowest BCUT2D eigenvalue weighted by molar-refractivity contribution is -0.122. The van der Waals surface area contributed by atoms with Crippen LogP contribution in [-0.4, -0.2) is 42.8 Å². The summed E-state index contributed by atoms with van der Waals surface area (Å²) >= 11 is 1.41. The molecule has 1 aliphatic carbocycles. The second-order valence-electron chi connectivity index (χ2n) is 6.65. The Kier molecular flexibility index (Phi) is 4.69. The monoisotopic (exact) mass is 388 g/mol. The van der Waals surface area contributed by atoms with E-state index in [9.17, 15) is 9.59 Å². The summed E-state index contributed by atoms with van der Waals surface area (Å²) in [5.41, 5.74) is 0.601. The molecule has 1 saturated heterocycles. The van der Waals surface area contributed by atoms with Gasteiger partial charge < -0.3 is 19.7 Å². The average molecular weight is 388 g/mol. The van der Waals surface area contributed by atoms with E-state index in [1.807, 2.05) is 0 Å². The fourth-order valence-corrected chi connectivity index (χ4v) is 4.03. The molecule has 1 saturated carbocycles. The molecule has 2 aromatic rings. The summed E-state index contributed by atoms with van der Waals surface area (Å²) in [4.78, 5) is 26.7. The minimum Gasteiger partial charge on any atom is -0.497 e. The molecule has 1 N–H and O–H groups in total. The van der Waals surface area contributed by atoms with Crippen molar-refractivity contribution in [2.45, 2.75) is 25.2 Å². The summed E-state index contributed by atoms with van der Waals surface area (Å²) < 4.78 is 10.6. The summed E-state index contributed by atoms with van der Waals surface area (Å²) in [6.45, 7) is 0.280. The second-order valence-corrected chi connectivity index (χ2v) is 7.66. The predicted molar refractivity (Wildman–Crippen MR) is 101 cm³/mol. The van der Waals surface area contributed by atoms with E-state index in [2.05, 4.69) is 15.5 Å². The van der Waals surface area contributed by atoms with Crippen LogP contribution in [0.5, 0.6) is 11.5 Å². The number of hydrogen-bond donors (Lipinski definition) is 1. The maximum Gasteiger partial charge on any atom is 0.231 e. The van der Waals surface area contributed by atoms with Crippen molar-refractivity contribution >= 4 is 34.0 Å². The molecule has 0 bridgehead atoms. The normalized spacial score (nSPS) is 19.3. The Morgan fingerprint density at radius 3 is 2.78 bits per heavy atom. The van der Waals surface area contributed by atoms with Crippen molar-refractivity contribution in [1.82, 2.24) is 10.2 Å². The molecule has 1 atom stereocenters. The van der Waals surface area contributed by atoms with Gasteiger partial charge in [-0.3, -0.25) is 9.59 Å². The first-order chi connectivity index (χ1) is 13.1. The van der Waals surface area contributed by atoms with Crippen molar-refractivity contribution in [3.63, 3.8) is 0 Å². The summed E-state index contributed by atoms with van der Waals surface area (Å²) in [7, 11) is 3.11. The molecular weight excluding hydrogens is 368 g/mol. The molecule has 1 aromatic carbocycles. The molecule has 2 amide bonds. The fourth-order valence-electron chi connectivity index (χ4n) is 3.11. The number of ether oxygens (including phenoxy) is 2. The van der Waals surface area contributed by atoms with Gasteiger partial charge in [0.25, 0.3) is 0 Å². The highest BCUT2D eigenvalue weighted by atomic mass is 32.1. The lowest BCUT2D eigenvalue weighted by Gasteiger charge is -2.20. The second kappa shape index (κ2) is 7.15. The minimum absolute atomic E-state index is 0.127. The molecule has 2 fully saturated rings. The molecule has 1 aromatic heterocycles. The van der Waals surface area contributed by atoms with Crippen LogP contribution in [0.1, 0.15) is 30.2 Å². The molecule has 8 nitrogen and oxygen atoms in total. The molecule has 27 heavy (non-hydrogen) atoms. The van der Waals surface area contributed by atoms with Crippen LogP contribution >= 0.6 is 11.3 Å². The largest absolute Gasteiger partial charge is 0.497 e. The Balaban J connectivity index is 1.47. The van der Waals surface area contributed by atoms with Crippen LogP contribution in [0, 0.1) is 5.92 Å². The van der Waals surface area contributed by atoms with Gasteiger partial charge in [0.05, 0.1) is 25.8 Å². The van der Waals surface area contributed by atoms with Gasteiger partial charge in [-0.15, -0.1) is 10.2 Å². The van der Waals surface area contributed by atoms with Crippen LogP contribution in [0.4, 0.5) is 10.8 Å². The van der Waals surface area contributed by atoms with Crippen molar-refractivity contribution in [3.8, 4) is 11.5 Å². The van der Waals surface area contributed by atoms with Crippen LogP contribution in [0.25, 0.3) is 0 Å². The van der Waals surface area contributed by atoms with E-state index in [-0.39, 0.29) is 24.8 Å². The van der Waals surface area contributed by atoms with Crippen molar-refractivity contribution in [3.05, 3.63) is 23.2 Å². The third-order valence-electron chi connectivity index (χ3n) is 4.77. The van der Waals surface area contributed by atoms with E-state index < -0.39 is 5.92 Å². The van der Waals surface area contributed by atoms with E-state index in [0.717, 1.165) is 17.8 Å². The van der Waals surface area contributed by atoms with Crippen LogP contribution in [-0.2, 0) is 9.59 Å². The smallest absolute Gasteiger partial charge is 0.231 e. The number of nitrogens with one attached hydrogen (secondary N) is 1. The quantitative estimate of drug-likeness (QED) is 0.817. The van der Waals surface area contributed by atoms with Gasteiger partial charge in [0, 0.05) is 24.9 Å². The first kappa shape index (κ1) is 17.7. The number of carbonyl (C=O) groups is 2. The topological polar surface area (TPSA) is 93.7 Å². The molecule has 142 valence electrons. The van der Waals surface area contributed by atoms with Crippen molar-refractivity contribution in [2.24, 2.45) is 5.92 Å². The molecule has 2 aliphatic rings. The SMILES string of the molecule is COc1ccc(OC)c(N2C[C@@H](C(=O)Nc3nnc(C4CC4)s3)CC2=O)c1. The van der Waals surface area contributed by atoms with E-state index in [1.165, 1.54) is 11.3 Å². The Morgan fingerprint density at radius 1 is 1.26 bits per heavy atom. The maximum absolute atomic E-state index is 12.6. The number of carbonyl (C=O) groups excluding carboxylic acids is 2. The zero-order valence-electron chi connectivity index (χ0n) is 15.1. The van der Waals surface area contributed by atoms with E-state index >= 15 is 0 Å². The number of nitrogens with zero attached hydrogens (tertiary/aromatic N) is 3. The van der Waals surface area contributed by atoms with Crippen molar-refractivity contribution in [1.29, 1.82) is 0 Å². The van der Waals surface area contributed by atoms with Gasteiger partial charge >= 0.3 is 0 Å². The van der Waals surface area contributed by atoms with Gasteiger partial charge in [0.2, 0.25) is 16.9 Å². The molecule has 0 unspecified atom stereocenters. The third kappa shape index (κ3) is 3.59. The fraction of sp³-hybridized carbons (Fsp3) is 0.444. The van der Waals surface area contributed by atoms with Crippen molar-refractivity contribution < 1.29 is 19.1 Å². The van der Waals surface area contributed by atoms with Crippen molar-refractivity contribution in [2.75, 3.05) is 31.0 Å². The first-order valence-corrected chi connectivity index (χ1v) is 9.57. The standard InChI is InChI=1S/C18H20N4O4S/c1-25-12-5-6-14(26-2)13(8-12)22-9-11(7-15(22)23)16(24)19-18-21-20-17(27-18)10-3-4-10/h5-6,8,10-11H,3-4,7,9H2,1-2H3,(H,19,21,24)/t11-/m0/s1. The number of hydrogen-bond acceptors (Lipinski definition) is 7. The van der Waals surface area contributed by atoms with E-state index in [1.54, 1.807) is 37.3 Å². The predicted octanol–water partition coefficient (Wildman–Crippen LogP) is 2.42. The van der Waals surface area contributed by atoms with Gasteiger partial charge in [-0.25, -0.2) is 0 Å². The number of aromatic nitrogens is 2. The average Bonchev–Trinajstić information content (AvgIpc) is 3.31. The summed E-state index contributed by atoms with van der Waals surface area (Å²) in [5.74, 6) is 0.874.